The van der Waals surface area contributed by atoms with Crippen LogP contribution in [0.4, 0.5) is 18.9 Å². The number of hydrogen-bond donors (Lipinski definition) is 0. The van der Waals surface area contributed by atoms with Gasteiger partial charge in [-0.05, 0) is 60.3 Å². The molecule has 0 bridgehead atoms. The molecule has 0 atom stereocenters. The van der Waals surface area contributed by atoms with Gasteiger partial charge in [-0.2, -0.15) is 13.2 Å². The lowest BCUT2D eigenvalue weighted by atomic mass is 9.63. The van der Waals surface area contributed by atoms with Gasteiger partial charge in [0.05, 0.1) is 17.6 Å². The van der Waals surface area contributed by atoms with Crippen LogP contribution in [0.5, 0.6) is 17.2 Å². The summed E-state index contributed by atoms with van der Waals surface area (Å²) in [7, 11) is 3.01. The van der Waals surface area contributed by atoms with Crippen LogP contribution in [-0.2, 0) is 26.9 Å². The number of nitrogens with zero attached hydrogens (tertiary/aromatic N) is 2. The molecule has 0 saturated heterocycles. The van der Waals surface area contributed by atoms with E-state index in [1.165, 1.54) is 7.11 Å². The third kappa shape index (κ3) is 7.21. The van der Waals surface area contributed by atoms with E-state index in [9.17, 15) is 32.9 Å². The van der Waals surface area contributed by atoms with E-state index in [1.807, 2.05) is 0 Å². The fourth-order valence-electron chi connectivity index (χ4n) is 7.48. The molecular formula is C38H43F3N2O7. The van der Waals surface area contributed by atoms with E-state index in [0.29, 0.717) is 79.7 Å². The van der Waals surface area contributed by atoms with Crippen molar-refractivity contribution in [1.82, 2.24) is 4.90 Å². The Morgan fingerprint density at radius 2 is 1.56 bits per heavy atom. The van der Waals surface area contributed by atoms with Crippen LogP contribution in [0.15, 0.2) is 65.5 Å². The Morgan fingerprint density at radius 3 is 2.06 bits per heavy atom. The Morgan fingerprint density at radius 1 is 0.960 bits per heavy atom. The van der Waals surface area contributed by atoms with Crippen molar-refractivity contribution in [2.45, 2.75) is 78.3 Å². The van der Waals surface area contributed by atoms with Crippen molar-refractivity contribution in [3.05, 3.63) is 92.3 Å². The zero-order valence-electron chi connectivity index (χ0n) is 29.3. The average molecular weight is 697 g/mol. The van der Waals surface area contributed by atoms with Gasteiger partial charge >= 0.3 is 11.9 Å². The van der Waals surface area contributed by atoms with E-state index < -0.39 is 34.0 Å². The predicted molar refractivity (Wildman–Crippen MR) is 181 cm³/mol. The minimum Gasteiger partial charge on any atom is -0.493 e. The van der Waals surface area contributed by atoms with Gasteiger partial charge in [0.25, 0.3) is 0 Å². The first kappa shape index (κ1) is 36.8. The second kappa shape index (κ2) is 13.7. The molecule has 0 unspecified atom stereocenters. The molecule has 1 aliphatic heterocycles. The molecular weight excluding hydrogens is 653 g/mol. The molecule has 5 rings (SSSR count). The molecule has 0 radical (unpaired) electrons. The van der Waals surface area contributed by atoms with Crippen LogP contribution in [0, 0.1) is 20.9 Å². The summed E-state index contributed by atoms with van der Waals surface area (Å²) in [5.41, 5.74) is 1.29. The third-order valence-corrected chi connectivity index (χ3v) is 9.52. The standard InChI is InChI=1S/C38H43F3N2O7/c1-8-10-22-15-23(16-31(49-7)35(22)50-30-12-11-24(38(39,40)41)17-25(30)43(46)47)32-33-26(18-36(2,3)20-28(33)44)42(13-9-14-48-6)27-19-37(4,5)21-29(45)34(27)32/h8,11-12,15-17,32H,1,9-10,13-14,18-21H2,2-7H3. The summed E-state index contributed by atoms with van der Waals surface area (Å²) in [4.78, 5) is 41.6. The molecule has 0 N–H and O–H groups in total. The molecule has 0 amide bonds. The number of rotatable bonds is 11. The number of hydrogen-bond acceptors (Lipinski definition) is 8. The molecule has 0 saturated carbocycles. The number of Topliss-reactive ketones (excluding diaryl/α,β-unsaturated/α-hetero) is 2. The molecule has 0 aromatic heterocycles. The largest absolute Gasteiger partial charge is 0.493 e. The minimum atomic E-state index is -4.80. The maximum absolute atomic E-state index is 14.2. The van der Waals surface area contributed by atoms with E-state index in [4.69, 9.17) is 14.2 Å². The number of methoxy groups -OCH3 is 2. The van der Waals surface area contributed by atoms with Crippen LogP contribution in [0.25, 0.3) is 0 Å². The highest BCUT2D eigenvalue weighted by Gasteiger charge is 2.49. The third-order valence-electron chi connectivity index (χ3n) is 9.52. The smallest absolute Gasteiger partial charge is 0.416 e. The second-order valence-electron chi connectivity index (χ2n) is 14.8. The zero-order chi connectivity index (χ0) is 36.8. The lowest BCUT2D eigenvalue weighted by Gasteiger charge is -2.49. The monoisotopic (exact) mass is 696 g/mol. The van der Waals surface area contributed by atoms with Crippen LogP contribution in [0.2, 0.25) is 0 Å². The Balaban J connectivity index is 1.73. The molecule has 1 heterocycles. The molecule has 0 spiro atoms. The lowest BCUT2D eigenvalue weighted by molar-refractivity contribution is -0.385. The van der Waals surface area contributed by atoms with Gasteiger partial charge in [0.2, 0.25) is 5.75 Å². The summed E-state index contributed by atoms with van der Waals surface area (Å²) in [6, 6.07) is 5.47. The highest BCUT2D eigenvalue weighted by Crippen LogP contribution is 2.55. The van der Waals surface area contributed by atoms with Crippen LogP contribution < -0.4 is 9.47 Å². The van der Waals surface area contributed by atoms with Gasteiger partial charge in [-0.1, -0.05) is 39.8 Å². The molecule has 12 heteroatoms. The van der Waals surface area contributed by atoms with Crippen LogP contribution in [0.1, 0.15) is 82.4 Å². The van der Waals surface area contributed by atoms with E-state index in [1.54, 1.807) is 25.3 Å². The van der Waals surface area contributed by atoms with E-state index in [2.05, 4.69) is 39.2 Å². The summed E-state index contributed by atoms with van der Waals surface area (Å²) in [5.74, 6) is -1.04. The van der Waals surface area contributed by atoms with Crippen molar-refractivity contribution in [2.24, 2.45) is 10.8 Å². The van der Waals surface area contributed by atoms with E-state index >= 15 is 0 Å². The number of benzene rings is 2. The Labute approximate surface area is 289 Å². The van der Waals surface area contributed by atoms with Gasteiger partial charge in [0.1, 0.15) is 0 Å². The number of nitro groups is 1. The first-order chi connectivity index (χ1) is 23.4. The zero-order valence-corrected chi connectivity index (χ0v) is 29.3. The fraction of sp³-hybridized carbons (Fsp3) is 0.474. The van der Waals surface area contributed by atoms with Crippen LogP contribution in [0.3, 0.4) is 0 Å². The summed E-state index contributed by atoms with van der Waals surface area (Å²) in [5, 5.41) is 11.9. The first-order valence-electron chi connectivity index (χ1n) is 16.6. The van der Waals surface area contributed by atoms with Crippen LogP contribution >= 0.6 is 0 Å². The van der Waals surface area contributed by atoms with E-state index in [0.717, 1.165) is 17.5 Å². The van der Waals surface area contributed by atoms with Crippen molar-refractivity contribution < 1.29 is 41.9 Å². The number of ether oxygens (including phenoxy) is 3. The van der Waals surface area contributed by atoms with Crippen molar-refractivity contribution in [3.63, 3.8) is 0 Å². The van der Waals surface area contributed by atoms with Gasteiger partial charge in [-0.15, -0.1) is 6.58 Å². The number of alkyl halides is 3. The second-order valence-corrected chi connectivity index (χ2v) is 14.8. The molecule has 268 valence electrons. The average Bonchev–Trinajstić information content (AvgIpc) is 3.00. The number of allylic oxidation sites excluding steroid dienone is 5. The lowest BCUT2D eigenvalue weighted by Crippen LogP contribution is -2.44. The quantitative estimate of drug-likeness (QED) is 0.0993. The number of carbonyl (C=O) groups excluding carboxylic acids is 2. The minimum absolute atomic E-state index is 0.0478. The number of halogens is 3. The Bertz CT molecular complexity index is 1750. The molecule has 0 fully saturated rings. The highest BCUT2D eigenvalue weighted by atomic mass is 19.4. The van der Waals surface area contributed by atoms with Gasteiger partial charge < -0.3 is 19.1 Å². The number of carbonyl (C=O) groups is 2. The number of nitro benzene ring substituents is 1. The maximum Gasteiger partial charge on any atom is 0.416 e. The summed E-state index contributed by atoms with van der Waals surface area (Å²) < 4.78 is 57.4. The van der Waals surface area contributed by atoms with Crippen molar-refractivity contribution in [2.75, 3.05) is 27.4 Å². The van der Waals surface area contributed by atoms with Crippen molar-refractivity contribution >= 4 is 17.3 Å². The topological polar surface area (TPSA) is 108 Å². The van der Waals surface area contributed by atoms with Crippen molar-refractivity contribution in [1.29, 1.82) is 0 Å². The Kier molecular flexibility index (Phi) is 10.1. The normalized spacial score (nSPS) is 18.9. The highest BCUT2D eigenvalue weighted by molar-refractivity contribution is 6.07. The molecule has 3 aliphatic rings. The summed E-state index contributed by atoms with van der Waals surface area (Å²) in [6.45, 7) is 13.2. The van der Waals surface area contributed by atoms with Crippen LogP contribution in [-0.4, -0.2) is 48.8 Å². The van der Waals surface area contributed by atoms with Gasteiger partial charge in [0, 0.05) is 73.2 Å². The number of ketones is 2. The maximum atomic E-state index is 14.2. The molecule has 2 aromatic carbocycles. The summed E-state index contributed by atoms with van der Waals surface area (Å²) >= 11 is 0. The van der Waals surface area contributed by atoms with E-state index in [-0.39, 0.29) is 40.3 Å². The SMILES string of the molecule is C=CCc1cc(C2C3=C(CC(C)(C)CC3=O)N(CCCOC)C3=C2C(=O)CC(C)(C)C3)cc(OC)c1Oc1ccc(C(F)(F)F)cc1[N+](=O)[O-]. The molecule has 50 heavy (non-hydrogen) atoms. The van der Waals surface area contributed by atoms with Gasteiger partial charge in [0.15, 0.2) is 23.1 Å². The molecule has 2 aliphatic carbocycles. The molecule has 2 aromatic rings. The summed E-state index contributed by atoms with van der Waals surface area (Å²) in [6.07, 6.45) is -0.493. The molecule has 9 nitrogen and oxygen atoms in total. The fourth-order valence-corrected chi connectivity index (χ4v) is 7.48. The van der Waals surface area contributed by atoms with Gasteiger partial charge in [-0.25, -0.2) is 0 Å². The Hall–Kier alpha value is -4.45. The first-order valence-corrected chi connectivity index (χ1v) is 16.6. The van der Waals surface area contributed by atoms with Crippen molar-refractivity contribution in [3.8, 4) is 17.2 Å². The predicted octanol–water partition coefficient (Wildman–Crippen LogP) is 8.87. The van der Waals surface area contributed by atoms with Gasteiger partial charge in [-0.3, -0.25) is 19.7 Å².